The van der Waals surface area contributed by atoms with E-state index in [1.807, 2.05) is 0 Å². The van der Waals surface area contributed by atoms with Crippen LogP contribution in [-0.4, -0.2) is 15.0 Å². The molecule has 4 rings (SSSR count). The Morgan fingerprint density at radius 3 is 1.96 bits per heavy atom. The predicted octanol–water partition coefficient (Wildman–Crippen LogP) is 6.03. The standard InChI is InChI=1S/C24H20Se/c1-4-10-19(11-5-1)16-17-23-22(20-12-6-2-7-13-20)18-24(25-23)21-14-8-3-9-15-21/h1-18,22-23H/b17-16+/t22-,23-/m0/s1. The van der Waals surface area contributed by atoms with Crippen molar-refractivity contribution >= 4 is 25.5 Å². The van der Waals surface area contributed by atoms with E-state index in [0.717, 1.165) is 0 Å². The quantitative estimate of drug-likeness (QED) is 0.480. The van der Waals surface area contributed by atoms with E-state index in [0.29, 0.717) is 25.7 Å². The molecule has 1 aliphatic rings. The Morgan fingerprint density at radius 2 is 1.28 bits per heavy atom. The van der Waals surface area contributed by atoms with E-state index in [-0.39, 0.29) is 0 Å². The van der Waals surface area contributed by atoms with Crippen LogP contribution < -0.4 is 0 Å². The second-order valence-electron chi connectivity index (χ2n) is 6.19. The van der Waals surface area contributed by atoms with Crippen LogP contribution in [0.15, 0.2) is 103 Å². The van der Waals surface area contributed by atoms with Crippen LogP contribution in [0.4, 0.5) is 0 Å². The van der Waals surface area contributed by atoms with Crippen LogP contribution in [0.25, 0.3) is 10.5 Å². The van der Waals surface area contributed by atoms with E-state index in [4.69, 9.17) is 0 Å². The first-order valence-electron chi connectivity index (χ1n) is 8.62. The summed E-state index contributed by atoms with van der Waals surface area (Å²) in [5, 5.41) is 0. The predicted molar refractivity (Wildman–Crippen MR) is 109 cm³/mol. The Bertz CT molecular complexity index is 864. The van der Waals surface area contributed by atoms with E-state index < -0.39 is 0 Å². The van der Waals surface area contributed by atoms with Crippen LogP contribution in [0.2, 0.25) is 4.82 Å². The van der Waals surface area contributed by atoms with E-state index in [9.17, 15) is 0 Å². The Morgan fingerprint density at radius 1 is 0.680 bits per heavy atom. The first kappa shape index (κ1) is 16.1. The molecule has 2 atom stereocenters. The Hall–Kier alpha value is -2.34. The molecule has 1 heterocycles. The number of hydrogen-bond donors (Lipinski definition) is 0. The molecular formula is C24H20Se. The van der Waals surface area contributed by atoms with Crippen molar-refractivity contribution in [3.63, 3.8) is 0 Å². The van der Waals surface area contributed by atoms with Crippen LogP contribution in [0.1, 0.15) is 22.6 Å². The third kappa shape index (κ3) is 3.85. The van der Waals surface area contributed by atoms with Crippen LogP contribution in [0.3, 0.4) is 0 Å². The molecule has 0 amide bonds. The molecule has 0 fully saturated rings. The minimum atomic E-state index is 0.438. The van der Waals surface area contributed by atoms with Crippen LogP contribution >= 0.6 is 0 Å². The van der Waals surface area contributed by atoms with Gasteiger partial charge in [-0.1, -0.05) is 0 Å². The molecule has 0 N–H and O–H groups in total. The zero-order valence-corrected chi connectivity index (χ0v) is 15.7. The molecule has 0 aromatic heterocycles. The first-order valence-corrected chi connectivity index (χ1v) is 10.5. The number of hydrogen-bond acceptors (Lipinski definition) is 0. The summed E-state index contributed by atoms with van der Waals surface area (Å²) < 4.78 is 1.52. The van der Waals surface area contributed by atoms with Gasteiger partial charge in [0.1, 0.15) is 0 Å². The maximum atomic E-state index is 2.49. The summed E-state index contributed by atoms with van der Waals surface area (Å²) >= 11 is 0.438. The van der Waals surface area contributed by atoms with E-state index in [1.54, 1.807) is 0 Å². The molecule has 1 heteroatoms. The summed E-state index contributed by atoms with van der Waals surface area (Å²) in [4.78, 5) is 0.560. The second-order valence-corrected chi connectivity index (χ2v) is 8.75. The number of benzene rings is 3. The van der Waals surface area contributed by atoms with Crippen molar-refractivity contribution < 1.29 is 0 Å². The van der Waals surface area contributed by atoms with Crippen LogP contribution in [0.5, 0.6) is 0 Å². The fourth-order valence-corrected chi connectivity index (χ4v) is 5.96. The third-order valence-electron chi connectivity index (χ3n) is 4.47. The first-order chi connectivity index (χ1) is 12.4. The van der Waals surface area contributed by atoms with Crippen LogP contribution in [-0.2, 0) is 0 Å². The summed E-state index contributed by atoms with van der Waals surface area (Å²) in [5.74, 6) is 0.469. The summed E-state index contributed by atoms with van der Waals surface area (Å²) in [7, 11) is 0. The Kier molecular flexibility index (Phi) is 4.97. The van der Waals surface area contributed by atoms with Crippen molar-refractivity contribution in [2.75, 3.05) is 0 Å². The molecule has 0 bridgehead atoms. The van der Waals surface area contributed by atoms with Crippen molar-refractivity contribution in [1.29, 1.82) is 0 Å². The van der Waals surface area contributed by atoms with Gasteiger partial charge in [0.05, 0.1) is 0 Å². The fourth-order valence-electron chi connectivity index (χ4n) is 3.17. The normalized spacial score (nSPS) is 19.9. The SMILES string of the molecule is C1=C(c2ccccc2)[Se][C@@H](/C=C/c2ccccc2)[C@@H]1c1ccccc1. The van der Waals surface area contributed by atoms with Gasteiger partial charge in [0.15, 0.2) is 0 Å². The average Bonchev–Trinajstić information content (AvgIpc) is 3.13. The zero-order valence-electron chi connectivity index (χ0n) is 14.0. The van der Waals surface area contributed by atoms with Gasteiger partial charge in [0.25, 0.3) is 0 Å². The maximum absolute atomic E-state index is 2.49. The Balaban J connectivity index is 1.65. The molecule has 0 saturated heterocycles. The van der Waals surface area contributed by atoms with Gasteiger partial charge in [-0.05, 0) is 0 Å². The van der Waals surface area contributed by atoms with E-state index in [1.165, 1.54) is 21.2 Å². The van der Waals surface area contributed by atoms with Gasteiger partial charge in [-0.25, -0.2) is 0 Å². The van der Waals surface area contributed by atoms with Crippen molar-refractivity contribution in [3.8, 4) is 0 Å². The zero-order chi connectivity index (χ0) is 16.9. The van der Waals surface area contributed by atoms with Gasteiger partial charge in [0.2, 0.25) is 0 Å². The molecular weight excluding hydrogens is 367 g/mol. The molecule has 25 heavy (non-hydrogen) atoms. The van der Waals surface area contributed by atoms with Gasteiger partial charge >= 0.3 is 156 Å². The van der Waals surface area contributed by atoms with E-state index >= 15 is 0 Å². The van der Waals surface area contributed by atoms with Gasteiger partial charge in [-0.2, -0.15) is 0 Å². The monoisotopic (exact) mass is 388 g/mol. The second kappa shape index (κ2) is 7.70. The fraction of sp³-hybridized carbons (Fsp3) is 0.0833. The molecule has 1 aliphatic heterocycles. The number of allylic oxidation sites excluding steroid dienone is 2. The van der Waals surface area contributed by atoms with E-state index in [2.05, 4.69) is 109 Å². The van der Waals surface area contributed by atoms with Crippen molar-refractivity contribution in [3.05, 3.63) is 120 Å². The third-order valence-corrected chi connectivity index (χ3v) is 7.30. The molecule has 0 nitrogen and oxygen atoms in total. The minimum absolute atomic E-state index is 0.438. The summed E-state index contributed by atoms with van der Waals surface area (Å²) in [5.41, 5.74) is 4.07. The molecule has 0 radical (unpaired) electrons. The molecule has 0 saturated carbocycles. The van der Waals surface area contributed by atoms with Gasteiger partial charge in [-0.3, -0.25) is 0 Å². The van der Waals surface area contributed by atoms with Crippen molar-refractivity contribution in [2.45, 2.75) is 10.7 Å². The van der Waals surface area contributed by atoms with Gasteiger partial charge in [-0.15, -0.1) is 0 Å². The molecule has 3 aromatic rings. The summed E-state index contributed by atoms with van der Waals surface area (Å²) in [6.45, 7) is 0. The average molecular weight is 387 g/mol. The molecule has 3 aromatic carbocycles. The number of rotatable bonds is 4. The van der Waals surface area contributed by atoms with Crippen molar-refractivity contribution in [2.24, 2.45) is 0 Å². The molecule has 122 valence electrons. The topological polar surface area (TPSA) is 0 Å². The van der Waals surface area contributed by atoms with Gasteiger partial charge < -0.3 is 0 Å². The summed E-state index contributed by atoms with van der Waals surface area (Å²) in [6.07, 6.45) is 7.19. The molecule has 0 spiro atoms. The Labute approximate surface area is 156 Å². The van der Waals surface area contributed by atoms with Crippen LogP contribution in [0, 0.1) is 0 Å². The molecule has 0 aliphatic carbocycles. The van der Waals surface area contributed by atoms with Gasteiger partial charge in [0, 0.05) is 0 Å². The van der Waals surface area contributed by atoms with Crippen molar-refractivity contribution in [1.82, 2.24) is 0 Å². The summed E-state index contributed by atoms with van der Waals surface area (Å²) in [6, 6.07) is 32.3. The molecule has 0 unspecified atom stereocenters.